The highest BCUT2D eigenvalue weighted by Gasteiger charge is 2.17. The largest absolute Gasteiger partial charge is 0.475 e. The molecule has 0 aromatic heterocycles. The van der Waals surface area contributed by atoms with Crippen molar-refractivity contribution in [2.24, 2.45) is 5.73 Å². The van der Waals surface area contributed by atoms with Crippen LogP contribution in [0.3, 0.4) is 0 Å². The van der Waals surface area contributed by atoms with Gasteiger partial charge in [0.15, 0.2) is 6.23 Å². The Hall–Kier alpha value is -0.900. The zero-order valence-electron chi connectivity index (χ0n) is 9.09. The number of rotatable bonds is 4. The van der Waals surface area contributed by atoms with Gasteiger partial charge < -0.3 is 4.74 Å². The van der Waals surface area contributed by atoms with E-state index in [1.165, 1.54) is 0 Å². The summed E-state index contributed by atoms with van der Waals surface area (Å²) in [7, 11) is 0. The topological polar surface area (TPSA) is 35.2 Å². The number of halogens is 2. The summed E-state index contributed by atoms with van der Waals surface area (Å²) in [4.78, 5) is 0. The van der Waals surface area contributed by atoms with Crippen LogP contribution in [-0.4, -0.2) is 12.7 Å². The van der Waals surface area contributed by atoms with Crippen molar-refractivity contribution in [1.29, 1.82) is 0 Å². The molecule has 0 spiro atoms. The lowest BCUT2D eigenvalue weighted by molar-refractivity contribution is 0.0433. The van der Waals surface area contributed by atoms with Crippen LogP contribution in [0, 0.1) is 0 Å². The number of allylic oxidation sites excluding steroid dienone is 3. The molecule has 0 heterocycles. The Bertz CT molecular complexity index is 284. The lowest BCUT2D eigenvalue weighted by atomic mass is 9.99. The van der Waals surface area contributed by atoms with Crippen molar-refractivity contribution >= 4 is 0 Å². The summed E-state index contributed by atoms with van der Waals surface area (Å²) in [5.41, 5.74) is 7.54. The van der Waals surface area contributed by atoms with Gasteiger partial charge in [-0.15, -0.1) is 0 Å². The second-order valence-corrected chi connectivity index (χ2v) is 3.82. The molecule has 0 bridgehead atoms. The zero-order chi connectivity index (χ0) is 11.4. The van der Waals surface area contributed by atoms with Crippen LogP contribution < -0.4 is 5.73 Å². The van der Waals surface area contributed by atoms with Crippen molar-refractivity contribution in [2.75, 3.05) is 0 Å². The van der Waals surface area contributed by atoms with Gasteiger partial charge in [-0.2, -0.15) is 0 Å². The summed E-state index contributed by atoms with van der Waals surface area (Å²) < 4.78 is 29.4. The first-order valence-electron chi connectivity index (χ1n) is 5.08. The van der Waals surface area contributed by atoms with Crippen LogP contribution in [0.5, 0.6) is 0 Å². The summed E-state index contributed by atoms with van der Waals surface area (Å²) in [6.07, 6.45) is 0.162. The van der Waals surface area contributed by atoms with Gasteiger partial charge in [0.05, 0.1) is 6.42 Å². The molecule has 86 valence electrons. The molecule has 1 atom stereocenters. The van der Waals surface area contributed by atoms with Gasteiger partial charge in [-0.05, 0) is 37.8 Å². The summed E-state index contributed by atoms with van der Waals surface area (Å²) in [6, 6.07) is 0. The normalized spacial score (nSPS) is 19.2. The van der Waals surface area contributed by atoms with Gasteiger partial charge in [-0.25, -0.2) is 8.78 Å². The van der Waals surface area contributed by atoms with Crippen molar-refractivity contribution < 1.29 is 13.5 Å². The van der Waals surface area contributed by atoms with E-state index in [0.29, 0.717) is 5.76 Å². The smallest absolute Gasteiger partial charge is 0.243 e. The number of nitrogens with two attached hydrogens (primary N) is 1. The van der Waals surface area contributed by atoms with Gasteiger partial charge in [0, 0.05) is 0 Å². The van der Waals surface area contributed by atoms with Crippen molar-refractivity contribution in [3.63, 3.8) is 0 Å². The molecule has 2 N–H and O–H groups in total. The summed E-state index contributed by atoms with van der Waals surface area (Å²) in [5, 5.41) is 0. The molecule has 15 heavy (non-hydrogen) atoms. The van der Waals surface area contributed by atoms with Crippen LogP contribution in [-0.2, 0) is 4.74 Å². The second kappa shape index (κ2) is 5.26. The first-order valence-corrected chi connectivity index (χ1v) is 5.08. The third kappa shape index (κ3) is 3.63. The summed E-state index contributed by atoms with van der Waals surface area (Å²) >= 11 is 0. The molecule has 1 rings (SSSR count). The third-order valence-electron chi connectivity index (χ3n) is 2.40. The number of hydrogen-bond acceptors (Lipinski definition) is 2. The van der Waals surface area contributed by atoms with Gasteiger partial charge in [-0.3, -0.25) is 5.73 Å². The molecule has 1 aliphatic rings. The van der Waals surface area contributed by atoms with E-state index in [1.54, 1.807) is 0 Å². The Balaban J connectivity index is 2.60. The zero-order valence-corrected chi connectivity index (χ0v) is 9.09. The van der Waals surface area contributed by atoms with E-state index in [2.05, 4.69) is 0 Å². The van der Waals surface area contributed by atoms with E-state index in [1.807, 2.05) is 19.9 Å². The summed E-state index contributed by atoms with van der Waals surface area (Å²) in [6.45, 7) is 3.86. The van der Waals surface area contributed by atoms with Crippen molar-refractivity contribution in [3.05, 3.63) is 23.0 Å². The fourth-order valence-electron chi connectivity index (χ4n) is 1.62. The van der Waals surface area contributed by atoms with E-state index >= 15 is 0 Å². The van der Waals surface area contributed by atoms with Gasteiger partial charge in [0.1, 0.15) is 5.76 Å². The van der Waals surface area contributed by atoms with Crippen LogP contribution in [0.25, 0.3) is 0 Å². The quantitative estimate of drug-likeness (QED) is 0.735. The molecule has 0 amide bonds. The molecule has 0 aromatic rings. The predicted molar refractivity (Wildman–Crippen MR) is 55.4 cm³/mol. The monoisotopic (exact) mass is 217 g/mol. The lowest BCUT2D eigenvalue weighted by Gasteiger charge is -2.22. The Labute approximate surface area is 88.8 Å². The average molecular weight is 217 g/mol. The van der Waals surface area contributed by atoms with E-state index in [-0.39, 0.29) is 0 Å². The molecular weight excluding hydrogens is 200 g/mol. The molecule has 0 fully saturated rings. The highest BCUT2D eigenvalue weighted by molar-refractivity contribution is 5.31. The first-order chi connectivity index (χ1) is 7.00. The van der Waals surface area contributed by atoms with E-state index < -0.39 is 19.1 Å². The number of hydrogen-bond donors (Lipinski definition) is 1. The fraction of sp³-hybridized carbons (Fsp3) is 0.636. The maximum absolute atomic E-state index is 12.0. The molecule has 2 nitrogen and oxygen atoms in total. The summed E-state index contributed by atoms with van der Waals surface area (Å²) in [5.74, 6) is 0.689. The van der Waals surface area contributed by atoms with Crippen LogP contribution in [0.4, 0.5) is 8.78 Å². The van der Waals surface area contributed by atoms with E-state index in [0.717, 1.165) is 24.0 Å². The Morgan fingerprint density at radius 3 is 2.67 bits per heavy atom. The number of alkyl halides is 2. The Kier molecular flexibility index (Phi) is 4.27. The highest BCUT2D eigenvalue weighted by atomic mass is 19.3. The van der Waals surface area contributed by atoms with E-state index in [4.69, 9.17) is 10.5 Å². The second-order valence-electron chi connectivity index (χ2n) is 3.82. The van der Waals surface area contributed by atoms with Crippen molar-refractivity contribution in [2.45, 2.75) is 45.8 Å². The van der Waals surface area contributed by atoms with Gasteiger partial charge in [-0.1, -0.05) is 6.08 Å². The van der Waals surface area contributed by atoms with Gasteiger partial charge in [0.25, 0.3) is 0 Å². The van der Waals surface area contributed by atoms with Crippen LogP contribution >= 0.6 is 0 Å². The van der Waals surface area contributed by atoms with Crippen LogP contribution in [0.15, 0.2) is 23.0 Å². The van der Waals surface area contributed by atoms with Crippen LogP contribution in [0.2, 0.25) is 0 Å². The minimum absolute atomic E-state index is 0.427. The molecular formula is C11H17F2NO. The molecule has 0 aromatic carbocycles. The highest BCUT2D eigenvalue weighted by Crippen LogP contribution is 2.26. The standard InChI is InChI=1S/C11H17F2NO/c1-7-4-3-5-8(2)11(7)15-10(14)6-9(12)13/h4,9-10H,3,5-6,14H2,1-2H3. The Morgan fingerprint density at radius 1 is 1.47 bits per heavy atom. The first kappa shape index (κ1) is 12.2. The minimum Gasteiger partial charge on any atom is -0.475 e. The maximum atomic E-state index is 12.0. The minimum atomic E-state index is -2.42. The molecule has 0 saturated carbocycles. The van der Waals surface area contributed by atoms with Crippen molar-refractivity contribution in [1.82, 2.24) is 0 Å². The molecule has 0 aliphatic heterocycles. The van der Waals surface area contributed by atoms with Gasteiger partial charge >= 0.3 is 0 Å². The fourth-order valence-corrected chi connectivity index (χ4v) is 1.62. The van der Waals surface area contributed by atoms with Gasteiger partial charge in [0.2, 0.25) is 6.43 Å². The lowest BCUT2D eigenvalue weighted by Crippen LogP contribution is -2.27. The SMILES string of the molecule is CC1=CCCC(C)=C1OC(N)CC(F)F. The molecule has 4 heteroatoms. The molecule has 1 unspecified atom stereocenters. The Morgan fingerprint density at radius 2 is 2.13 bits per heavy atom. The van der Waals surface area contributed by atoms with Crippen molar-refractivity contribution in [3.8, 4) is 0 Å². The average Bonchev–Trinajstić information content (AvgIpc) is 2.10. The number of ether oxygens (including phenoxy) is 1. The maximum Gasteiger partial charge on any atom is 0.243 e. The van der Waals surface area contributed by atoms with Crippen LogP contribution in [0.1, 0.15) is 33.1 Å². The van der Waals surface area contributed by atoms with E-state index in [9.17, 15) is 8.78 Å². The predicted octanol–water partition coefficient (Wildman–Crippen LogP) is 2.96. The third-order valence-corrected chi connectivity index (χ3v) is 2.40. The molecule has 1 aliphatic carbocycles. The molecule has 0 saturated heterocycles. The molecule has 0 radical (unpaired) electrons.